The zero-order chi connectivity index (χ0) is 18.5. The highest BCUT2D eigenvalue weighted by molar-refractivity contribution is 6.09. The van der Waals surface area contributed by atoms with Gasteiger partial charge in [-0.1, -0.05) is 13.8 Å². The summed E-state index contributed by atoms with van der Waals surface area (Å²) in [4.78, 5) is 19.1. The number of carbonyl (C=O) groups excluding carboxylic acids is 1. The summed E-state index contributed by atoms with van der Waals surface area (Å²) in [5.74, 6) is -0.0704. The first-order valence-electron chi connectivity index (χ1n) is 9.54. The van der Waals surface area contributed by atoms with E-state index in [1.54, 1.807) is 6.20 Å². The van der Waals surface area contributed by atoms with Gasteiger partial charge in [-0.05, 0) is 48.6 Å². The van der Waals surface area contributed by atoms with E-state index in [1.165, 1.54) is 12.8 Å². The van der Waals surface area contributed by atoms with Crippen LogP contribution < -0.4 is 0 Å². The topological polar surface area (TPSA) is 77.2 Å². The number of pyridine rings is 1. The number of nitrogens with zero attached hydrogens (tertiary/aromatic N) is 3. The van der Waals surface area contributed by atoms with Gasteiger partial charge < -0.3 is 10.0 Å². The molecule has 3 aliphatic rings. The average molecular weight is 351 g/mol. The summed E-state index contributed by atoms with van der Waals surface area (Å²) in [6.45, 7) is 5.67. The van der Waals surface area contributed by atoms with E-state index in [9.17, 15) is 15.2 Å². The lowest BCUT2D eigenvalue weighted by atomic mass is 9.86. The van der Waals surface area contributed by atoms with E-state index in [0.717, 1.165) is 42.8 Å². The lowest BCUT2D eigenvalue weighted by Crippen LogP contribution is -2.36. The van der Waals surface area contributed by atoms with Crippen molar-refractivity contribution in [3.05, 3.63) is 34.7 Å². The van der Waals surface area contributed by atoms with Crippen LogP contribution in [0.1, 0.15) is 62.5 Å². The summed E-state index contributed by atoms with van der Waals surface area (Å²) in [6.07, 6.45) is 6.15. The third kappa shape index (κ3) is 2.83. The van der Waals surface area contributed by atoms with Crippen LogP contribution in [-0.4, -0.2) is 33.9 Å². The molecule has 0 radical (unpaired) electrons. The monoisotopic (exact) mass is 351 g/mol. The van der Waals surface area contributed by atoms with Crippen LogP contribution in [0, 0.1) is 22.7 Å². The standard InChI is InChI=1S/C21H25N3O2/c1-13(2)20(26)17-10-15-14(12-23-17)9-18(25)16(11-22)19(15)24-7-5-21(3-4-21)6-8-24/h10,12-13,20,26H,3-9H2,1-2H3. The van der Waals surface area contributed by atoms with Crippen molar-refractivity contribution in [2.75, 3.05) is 13.1 Å². The molecule has 1 aromatic rings. The van der Waals surface area contributed by atoms with Gasteiger partial charge in [-0.15, -0.1) is 0 Å². The van der Waals surface area contributed by atoms with E-state index in [2.05, 4.69) is 16.0 Å². The maximum atomic E-state index is 12.5. The Hall–Kier alpha value is -2.19. The number of fused-ring (bicyclic) bond motifs is 1. The van der Waals surface area contributed by atoms with Crippen molar-refractivity contribution in [3.8, 4) is 6.07 Å². The number of hydrogen-bond acceptors (Lipinski definition) is 5. The Labute approximate surface area is 154 Å². The molecule has 1 spiro atoms. The number of nitriles is 1. The molecule has 1 saturated carbocycles. The van der Waals surface area contributed by atoms with Crippen molar-refractivity contribution in [1.82, 2.24) is 9.88 Å². The summed E-state index contributed by atoms with van der Waals surface area (Å²) in [6, 6.07) is 4.04. The van der Waals surface area contributed by atoms with Crippen molar-refractivity contribution >= 4 is 11.5 Å². The predicted molar refractivity (Wildman–Crippen MR) is 97.8 cm³/mol. The SMILES string of the molecule is CC(C)C(O)c1cc2c(cn1)CC(=O)C(C#N)=C2N1CCC2(CC1)CC2. The van der Waals surface area contributed by atoms with Gasteiger partial charge in [-0.2, -0.15) is 5.26 Å². The van der Waals surface area contributed by atoms with Crippen molar-refractivity contribution < 1.29 is 9.90 Å². The number of ketones is 1. The van der Waals surface area contributed by atoms with Gasteiger partial charge in [0.1, 0.15) is 11.6 Å². The molecule has 0 amide bonds. The third-order valence-corrected chi connectivity index (χ3v) is 6.27. The Morgan fingerprint density at radius 1 is 1.27 bits per heavy atom. The second-order valence-corrected chi connectivity index (χ2v) is 8.38. The van der Waals surface area contributed by atoms with Gasteiger partial charge in [0.2, 0.25) is 0 Å². The van der Waals surface area contributed by atoms with Crippen LogP contribution >= 0.6 is 0 Å². The zero-order valence-electron chi connectivity index (χ0n) is 15.5. The van der Waals surface area contributed by atoms with Crippen molar-refractivity contribution in [2.24, 2.45) is 11.3 Å². The smallest absolute Gasteiger partial charge is 0.179 e. The summed E-state index contributed by atoms with van der Waals surface area (Å²) >= 11 is 0. The van der Waals surface area contributed by atoms with E-state index in [4.69, 9.17) is 0 Å². The van der Waals surface area contributed by atoms with E-state index >= 15 is 0 Å². The minimum atomic E-state index is -0.652. The molecular weight excluding hydrogens is 326 g/mol. The van der Waals surface area contributed by atoms with Gasteiger partial charge in [0.25, 0.3) is 0 Å². The van der Waals surface area contributed by atoms with Gasteiger partial charge in [-0.3, -0.25) is 9.78 Å². The number of aliphatic hydroxyl groups excluding tert-OH is 1. The second-order valence-electron chi connectivity index (χ2n) is 8.38. The van der Waals surface area contributed by atoms with Crippen LogP contribution in [0.5, 0.6) is 0 Å². The fourth-order valence-corrected chi connectivity index (χ4v) is 4.22. The molecule has 1 unspecified atom stereocenters. The highest BCUT2D eigenvalue weighted by Gasteiger charge is 2.45. The quantitative estimate of drug-likeness (QED) is 0.906. The van der Waals surface area contributed by atoms with Crippen LogP contribution in [0.3, 0.4) is 0 Å². The molecule has 136 valence electrons. The minimum Gasteiger partial charge on any atom is -0.387 e. The van der Waals surface area contributed by atoms with Gasteiger partial charge in [0.05, 0.1) is 17.5 Å². The molecule has 1 N–H and O–H groups in total. The maximum absolute atomic E-state index is 12.5. The fourth-order valence-electron chi connectivity index (χ4n) is 4.22. The number of allylic oxidation sites excluding steroid dienone is 1. The highest BCUT2D eigenvalue weighted by Crippen LogP contribution is 2.54. The highest BCUT2D eigenvalue weighted by atomic mass is 16.3. The van der Waals surface area contributed by atoms with Gasteiger partial charge in [0.15, 0.2) is 5.78 Å². The molecule has 0 aromatic carbocycles. The first kappa shape index (κ1) is 17.2. The Kier molecular flexibility index (Phi) is 4.11. The molecular formula is C21H25N3O2. The van der Waals surface area contributed by atoms with E-state index in [0.29, 0.717) is 11.1 Å². The lowest BCUT2D eigenvalue weighted by Gasteiger charge is -2.37. The molecule has 5 heteroatoms. The van der Waals surface area contributed by atoms with Crippen LogP contribution in [0.2, 0.25) is 0 Å². The molecule has 2 fully saturated rings. The number of piperidine rings is 1. The van der Waals surface area contributed by atoms with Crippen LogP contribution in [0.4, 0.5) is 0 Å². The summed E-state index contributed by atoms with van der Waals surface area (Å²) < 4.78 is 0. The Balaban J connectivity index is 1.76. The van der Waals surface area contributed by atoms with Crippen LogP contribution in [-0.2, 0) is 11.2 Å². The van der Waals surface area contributed by atoms with Crippen LogP contribution in [0.15, 0.2) is 17.8 Å². The first-order chi connectivity index (χ1) is 12.4. The first-order valence-corrected chi connectivity index (χ1v) is 9.54. The number of aliphatic hydroxyl groups is 1. The van der Waals surface area contributed by atoms with E-state index in [1.807, 2.05) is 19.9 Å². The second kappa shape index (κ2) is 6.21. The molecule has 1 saturated heterocycles. The van der Waals surface area contributed by atoms with E-state index in [-0.39, 0.29) is 23.7 Å². The number of rotatable bonds is 3. The maximum Gasteiger partial charge on any atom is 0.179 e. The summed E-state index contributed by atoms with van der Waals surface area (Å²) in [5, 5.41) is 20.1. The number of Topliss-reactive ketones (excluding diaryl/α,β-unsaturated/α-hetero) is 1. The van der Waals surface area contributed by atoms with Gasteiger partial charge in [-0.25, -0.2) is 0 Å². The molecule has 0 bridgehead atoms. The number of aromatic nitrogens is 1. The minimum absolute atomic E-state index is 0.0540. The molecule has 2 heterocycles. The normalized spacial score (nSPS) is 22.4. The number of likely N-dealkylation sites (tertiary alicyclic amines) is 1. The Bertz CT molecular complexity index is 820. The predicted octanol–water partition coefficient (Wildman–Crippen LogP) is 3.01. The molecule has 1 atom stereocenters. The third-order valence-electron chi connectivity index (χ3n) is 6.27. The van der Waals surface area contributed by atoms with E-state index < -0.39 is 6.10 Å². The zero-order valence-corrected chi connectivity index (χ0v) is 15.5. The van der Waals surface area contributed by atoms with Crippen molar-refractivity contribution in [1.29, 1.82) is 5.26 Å². The largest absolute Gasteiger partial charge is 0.387 e. The summed E-state index contributed by atoms with van der Waals surface area (Å²) in [7, 11) is 0. The molecule has 26 heavy (non-hydrogen) atoms. The summed E-state index contributed by atoms with van der Waals surface area (Å²) in [5.41, 5.74) is 3.92. The van der Waals surface area contributed by atoms with Gasteiger partial charge >= 0.3 is 0 Å². The molecule has 4 rings (SSSR count). The van der Waals surface area contributed by atoms with Crippen molar-refractivity contribution in [2.45, 2.75) is 52.1 Å². The average Bonchev–Trinajstić information content (AvgIpc) is 3.39. The molecule has 1 aromatic heterocycles. The number of hydrogen-bond donors (Lipinski definition) is 1. The fraction of sp³-hybridized carbons (Fsp3) is 0.571. The lowest BCUT2D eigenvalue weighted by molar-refractivity contribution is -0.114. The Morgan fingerprint density at radius 2 is 1.96 bits per heavy atom. The van der Waals surface area contributed by atoms with Gasteiger partial charge in [0, 0.05) is 31.3 Å². The molecule has 1 aliphatic heterocycles. The van der Waals surface area contributed by atoms with Crippen LogP contribution in [0.25, 0.3) is 5.70 Å². The molecule has 5 nitrogen and oxygen atoms in total. The Morgan fingerprint density at radius 3 is 2.54 bits per heavy atom. The molecule has 2 aliphatic carbocycles. The van der Waals surface area contributed by atoms with Crippen molar-refractivity contribution in [3.63, 3.8) is 0 Å². The number of carbonyl (C=O) groups is 1.